The summed E-state index contributed by atoms with van der Waals surface area (Å²) < 4.78 is 4.90. The van der Waals surface area contributed by atoms with E-state index >= 15 is 0 Å². The van der Waals surface area contributed by atoms with Gasteiger partial charge in [0.05, 0.1) is 6.54 Å². The van der Waals surface area contributed by atoms with Crippen LogP contribution in [-0.4, -0.2) is 16.2 Å². The summed E-state index contributed by atoms with van der Waals surface area (Å²) in [6.07, 6.45) is 6.67. The lowest BCUT2D eigenvalue weighted by Crippen LogP contribution is -2.30. The van der Waals surface area contributed by atoms with E-state index in [0.29, 0.717) is 11.9 Å². The maximum atomic E-state index is 4.90. The van der Waals surface area contributed by atoms with Crippen molar-refractivity contribution < 1.29 is 4.52 Å². The SMILES string of the molecule is Cc1nc(CNC2CCCCC2)no1. The van der Waals surface area contributed by atoms with Crippen LogP contribution in [0.5, 0.6) is 0 Å². The third-order valence-corrected chi connectivity index (χ3v) is 2.72. The van der Waals surface area contributed by atoms with Gasteiger partial charge in [0.15, 0.2) is 5.82 Å². The molecule has 0 amide bonds. The predicted molar refractivity (Wildman–Crippen MR) is 52.7 cm³/mol. The molecule has 0 atom stereocenters. The molecule has 1 aromatic rings. The fourth-order valence-electron chi connectivity index (χ4n) is 1.96. The van der Waals surface area contributed by atoms with Gasteiger partial charge in [-0.3, -0.25) is 0 Å². The van der Waals surface area contributed by atoms with Crippen LogP contribution in [0.4, 0.5) is 0 Å². The van der Waals surface area contributed by atoms with Gasteiger partial charge in [0, 0.05) is 13.0 Å². The first-order valence-corrected chi connectivity index (χ1v) is 5.37. The van der Waals surface area contributed by atoms with Crippen LogP contribution in [-0.2, 0) is 6.54 Å². The van der Waals surface area contributed by atoms with Gasteiger partial charge in [-0.25, -0.2) is 0 Å². The summed E-state index contributed by atoms with van der Waals surface area (Å²) in [6.45, 7) is 2.55. The fourth-order valence-corrected chi connectivity index (χ4v) is 1.96. The molecule has 1 aliphatic rings. The third-order valence-electron chi connectivity index (χ3n) is 2.72. The number of aryl methyl sites for hydroxylation is 1. The van der Waals surface area contributed by atoms with Crippen molar-refractivity contribution in [3.8, 4) is 0 Å². The highest BCUT2D eigenvalue weighted by Gasteiger charge is 2.13. The molecular formula is C10H17N3O. The summed E-state index contributed by atoms with van der Waals surface area (Å²) >= 11 is 0. The maximum absolute atomic E-state index is 4.90. The lowest BCUT2D eigenvalue weighted by Gasteiger charge is -2.21. The number of hydrogen-bond donors (Lipinski definition) is 1. The van der Waals surface area contributed by atoms with E-state index in [-0.39, 0.29) is 0 Å². The molecule has 14 heavy (non-hydrogen) atoms. The van der Waals surface area contributed by atoms with Crippen molar-refractivity contribution in [1.29, 1.82) is 0 Å². The second-order valence-electron chi connectivity index (χ2n) is 3.95. The van der Waals surface area contributed by atoms with Crippen LogP contribution in [0.25, 0.3) is 0 Å². The van der Waals surface area contributed by atoms with Gasteiger partial charge >= 0.3 is 0 Å². The predicted octanol–water partition coefficient (Wildman–Crippen LogP) is 1.80. The van der Waals surface area contributed by atoms with Crippen molar-refractivity contribution in [3.05, 3.63) is 11.7 Å². The number of aromatic nitrogens is 2. The summed E-state index contributed by atoms with van der Waals surface area (Å²) in [7, 11) is 0. The van der Waals surface area contributed by atoms with E-state index in [4.69, 9.17) is 4.52 Å². The van der Waals surface area contributed by atoms with E-state index in [9.17, 15) is 0 Å². The van der Waals surface area contributed by atoms with Gasteiger partial charge < -0.3 is 9.84 Å². The van der Waals surface area contributed by atoms with Crippen molar-refractivity contribution in [2.75, 3.05) is 0 Å². The Bertz CT molecular complexity index is 279. The van der Waals surface area contributed by atoms with Gasteiger partial charge in [-0.1, -0.05) is 24.4 Å². The quantitative estimate of drug-likeness (QED) is 0.799. The molecule has 0 spiro atoms. The molecule has 1 N–H and O–H groups in total. The first-order chi connectivity index (χ1) is 6.84. The average molecular weight is 195 g/mol. The minimum Gasteiger partial charge on any atom is -0.340 e. The minimum atomic E-state index is 0.644. The normalized spacial score (nSPS) is 18.6. The molecule has 1 aliphatic carbocycles. The molecule has 0 radical (unpaired) electrons. The number of rotatable bonds is 3. The van der Waals surface area contributed by atoms with Gasteiger partial charge in [0.1, 0.15) is 0 Å². The molecule has 1 saturated carbocycles. The zero-order valence-electron chi connectivity index (χ0n) is 8.62. The molecule has 1 fully saturated rings. The number of hydrogen-bond acceptors (Lipinski definition) is 4. The van der Waals surface area contributed by atoms with Crippen LogP contribution in [0.2, 0.25) is 0 Å². The Balaban J connectivity index is 1.76. The molecule has 0 bridgehead atoms. The second kappa shape index (κ2) is 4.55. The van der Waals surface area contributed by atoms with Crippen LogP contribution in [0, 0.1) is 6.92 Å². The van der Waals surface area contributed by atoms with Gasteiger partial charge in [-0.15, -0.1) is 0 Å². The maximum Gasteiger partial charge on any atom is 0.223 e. The summed E-state index contributed by atoms with van der Waals surface area (Å²) in [5.74, 6) is 1.42. The Labute approximate surface area is 84.1 Å². The van der Waals surface area contributed by atoms with Gasteiger partial charge in [-0.05, 0) is 12.8 Å². The summed E-state index contributed by atoms with van der Waals surface area (Å²) in [4.78, 5) is 4.15. The largest absolute Gasteiger partial charge is 0.340 e. The van der Waals surface area contributed by atoms with Crippen molar-refractivity contribution in [2.24, 2.45) is 0 Å². The second-order valence-corrected chi connectivity index (χ2v) is 3.95. The average Bonchev–Trinajstić information content (AvgIpc) is 2.63. The summed E-state index contributed by atoms with van der Waals surface area (Å²) in [6, 6.07) is 0.655. The first-order valence-electron chi connectivity index (χ1n) is 5.37. The van der Waals surface area contributed by atoms with E-state index in [1.807, 2.05) is 6.92 Å². The molecule has 1 aromatic heterocycles. The Morgan fingerprint density at radius 2 is 2.14 bits per heavy atom. The van der Waals surface area contributed by atoms with E-state index in [0.717, 1.165) is 12.4 Å². The topological polar surface area (TPSA) is 51.0 Å². The summed E-state index contributed by atoms with van der Waals surface area (Å²) in [5.41, 5.74) is 0. The van der Waals surface area contributed by atoms with E-state index < -0.39 is 0 Å². The highest BCUT2D eigenvalue weighted by molar-refractivity contribution is 4.84. The molecule has 78 valence electrons. The molecular weight excluding hydrogens is 178 g/mol. The van der Waals surface area contributed by atoms with Crippen molar-refractivity contribution in [1.82, 2.24) is 15.5 Å². The van der Waals surface area contributed by atoms with Crippen LogP contribution in [0.15, 0.2) is 4.52 Å². The van der Waals surface area contributed by atoms with Crippen LogP contribution < -0.4 is 5.32 Å². The van der Waals surface area contributed by atoms with Crippen LogP contribution in [0.1, 0.15) is 43.8 Å². The smallest absolute Gasteiger partial charge is 0.223 e. The standard InChI is InChI=1S/C10H17N3O/c1-8-12-10(13-14-8)7-11-9-5-3-2-4-6-9/h9,11H,2-7H2,1H3. The number of nitrogens with zero attached hydrogens (tertiary/aromatic N) is 2. The van der Waals surface area contributed by atoms with E-state index in [1.54, 1.807) is 0 Å². The fraction of sp³-hybridized carbons (Fsp3) is 0.800. The Hall–Kier alpha value is -0.900. The molecule has 0 saturated heterocycles. The molecule has 0 unspecified atom stereocenters. The van der Waals surface area contributed by atoms with Crippen LogP contribution in [0.3, 0.4) is 0 Å². The van der Waals surface area contributed by atoms with Gasteiger partial charge in [0.25, 0.3) is 0 Å². The van der Waals surface area contributed by atoms with Gasteiger partial charge in [-0.2, -0.15) is 4.98 Å². The lowest BCUT2D eigenvalue weighted by atomic mass is 9.95. The zero-order chi connectivity index (χ0) is 9.80. The van der Waals surface area contributed by atoms with Crippen molar-refractivity contribution >= 4 is 0 Å². The molecule has 4 nitrogen and oxygen atoms in total. The Morgan fingerprint density at radius 3 is 2.79 bits per heavy atom. The van der Waals surface area contributed by atoms with Crippen molar-refractivity contribution in [3.63, 3.8) is 0 Å². The Kier molecular flexibility index (Phi) is 3.14. The molecule has 1 heterocycles. The van der Waals surface area contributed by atoms with E-state index in [1.165, 1.54) is 32.1 Å². The highest BCUT2D eigenvalue weighted by atomic mass is 16.5. The van der Waals surface area contributed by atoms with Crippen LogP contribution >= 0.6 is 0 Å². The molecule has 4 heteroatoms. The Morgan fingerprint density at radius 1 is 1.36 bits per heavy atom. The summed E-state index contributed by atoms with van der Waals surface area (Å²) in [5, 5.41) is 7.32. The molecule has 0 aliphatic heterocycles. The number of nitrogens with one attached hydrogen (secondary N) is 1. The minimum absolute atomic E-state index is 0.644. The highest BCUT2D eigenvalue weighted by Crippen LogP contribution is 2.17. The zero-order valence-corrected chi connectivity index (χ0v) is 8.62. The van der Waals surface area contributed by atoms with E-state index in [2.05, 4.69) is 15.5 Å². The van der Waals surface area contributed by atoms with Crippen molar-refractivity contribution in [2.45, 2.75) is 51.6 Å². The third kappa shape index (κ3) is 2.54. The molecule has 0 aromatic carbocycles. The first kappa shape index (κ1) is 9.65. The monoisotopic (exact) mass is 195 g/mol. The van der Waals surface area contributed by atoms with Gasteiger partial charge in [0.2, 0.25) is 5.89 Å². The molecule has 2 rings (SSSR count). The lowest BCUT2D eigenvalue weighted by molar-refractivity contribution is 0.358.